The highest BCUT2D eigenvalue weighted by atomic mass is 32.2. The van der Waals surface area contributed by atoms with Crippen molar-refractivity contribution in [1.29, 1.82) is 0 Å². The van der Waals surface area contributed by atoms with E-state index >= 15 is 0 Å². The van der Waals surface area contributed by atoms with Crippen LogP contribution in [0.5, 0.6) is 0 Å². The first-order chi connectivity index (χ1) is 10.2. The molecule has 0 unspecified atom stereocenters. The third-order valence-electron chi connectivity index (χ3n) is 4.08. The standard InChI is InChI=1S/C16H24NO3PS/c1-15(2)10-19-21(18,20-11-15)14-16(3,4)22-13(17-14)12-8-6-5-7-9-12/h5-9,13-14,17H,10-11H2,1-4H3/t13-,14-/m0/s1. The van der Waals surface area contributed by atoms with Crippen LogP contribution in [-0.2, 0) is 9.05 Å². The topological polar surface area (TPSA) is 53.5 Å². The quantitative estimate of drug-likeness (QED) is 0.836. The monoisotopic (exact) mass is 341 g/mol. The average molecular weight is 341 g/mol. The molecular weight excluding hydrogens is 317 g/mol. The molecule has 2 atom stereocenters. The van der Waals surface area contributed by atoms with E-state index in [-0.39, 0.29) is 21.3 Å². The normalized spacial score (nSPS) is 32.8. The molecular formula is C16H24NO3PS. The van der Waals surface area contributed by atoms with Gasteiger partial charge < -0.3 is 4.89 Å². The van der Waals surface area contributed by atoms with Crippen LogP contribution in [0.15, 0.2) is 30.3 Å². The van der Waals surface area contributed by atoms with Gasteiger partial charge in [-0.05, 0) is 19.4 Å². The molecule has 2 saturated heterocycles. The highest BCUT2D eigenvalue weighted by Crippen LogP contribution is 2.68. The molecule has 0 amide bonds. The Kier molecular flexibility index (Phi) is 4.35. The van der Waals surface area contributed by atoms with Crippen molar-refractivity contribution < 1.29 is 13.9 Å². The van der Waals surface area contributed by atoms with Gasteiger partial charge in [0.05, 0.1) is 10.1 Å². The fourth-order valence-electron chi connectivity index (χ4n) is 2.77. The minimum atomic E-state index is -3.15. The molecule has 0 saturated carbocycles. The molecule has 0 radical (unpaired) electrons. The summed E-state index contributed by atoms with van der Waals surface area (Å²) in [7, 11) is -3.15. The highest BCUT2D eigenvalue weighted by molar-refractivity contribution is 8.01. The van der Waals surface area contributed by atoms with Crippen molar-refractivity contribution in [2.75, 3.05) is 13.2 Å². The molecule has 22 heavy (non-hydrogen) atoms. The summed E-state index contributed by atoms with van der Waals surface area (Å²) in [5, 5.41) is 3.59. The van der Waals surface area contributed by atoms with Gasteiger partial charge >= 0.3 is 0 Å². The summed E-state index contributed by atoms with van der Waals surface area (Å²) in [4.78, 5) is 13.2. The van der Waals surface area contributed by atoms with Crippen LogP contribution in [0.3, 0.4) is 0 Å². The van der Waals surface area contributed by atoms with E-state index in [9.17, 15) is 4.89 Å². The van der Waals surface area contributed by atoms with Crippen LogP contribution in [0.2, 0.25) is 0 Å². The maximum Gasteiger partial charge on any atom is 0.256 e. The van der Waals surface area contributed by atoms with Gasteiger partial charge in [-0.2, -0.15) is 0 Å². The van der Waals surface area contributed by atoms with Crippen LogP contribution in [0.4, 0.5) is 0 Å². The Morgan fingerprint density at radius 3 is 2.32 bits per heavy atom. The Balaban J connectivity index is 1.79. The average Bonchev–Trinajstić information content (AvgIpc) is 2.80. The summed E-state index contributed by atoms with van der Waals surface area (Å²) in [6.45, 7) is 9.27. The maximum absolute atomic E-state index is 13.2. The molecule has 4 nitrogen and oxygen atoms in total. The third kappa shape index (κ3) is 3.21. The van der Waals surface area contributed by atoms with Crippen molar-refractivity contribution in [3.63, 3.8) is 0 Å². The number of benzene rings is 1. The molecule has 2 fully saturated rings. The van der Waals surface area contributed by atoms with Crippen molar-refractivity contribution in [1.82, 2.24) is 5.32 Å². The van der Waals surface area contributed by atoms with Crippen molar-refractivity contribution >= 4 is 19.7 Å². The first-order valence-electron chi connectivity index (χ1n) is 7.60. The molecule has 122 valence electrons. The molecule has 3 rings (SSSR count). The van der Waals surface area contributed by atoms with Gasteiger partial charge in [0.15, 0.2) is 5.78 Å². The van der Waals surface area contributed by atoms with Crippen molar-refractivity contribution in [3.05, 3.63) is 35.9 Å². The van der Waals surface area contributed by atoms with Crippen LogP contribution in [0.1, 0.15) is 38.6 Å². The van der Waals surface area contributed by atoms with Crippen LogP contribution in [0.25, 0.3) is 0 Å². The molecule has 0 aromatic heterocycles. The highest BCUT2D eigenvalue weighted by Gasteiger charge is 2.58. The lowest BCUT2D eigenvalue weighted by Crippen LogP contribution is -2.48. The summed E-state index contributed by atoms with van der Waals surface area (Å²) in [5.41, 5.74) is 1.11. The summed E-state index contributed by atoms with van der Waals surface area (Å²) < 4.78 is 11.3. The molecule has 2 aliphatic heterocycles. The molecule has 1 aromatic carbocycles. The summed E-state index contributed by atoms with van der Waals surface area (Å²) in [6.07, 6.45) is 0. The zero-order valence-corrected chi connectivity index (χ0v) is 15.2. The second kappa shape index (κ2) is 5.73. The summed E-state index contributed by atoms with van der Waals surface area (Å²) >= 11 is 1.78. The lowest BCUT2D eigenvalue weighted by Gasteiger charge is -2.43. The Bertz CT molecular complexity index is 527. The molecule has 0 bridgehead atoms. The zero-order chi connectivity index (χ0) is 16.0. The van der Waals surface area contributed by atoms with Crippen molar-refractivity contribution in [2.45, 2.75) is 43.6 Å². The van der Waals surface area contributed by atoms with E-state index in [2.05, 4.69) is 45.1 Å². The van der Waals surface area contributed by atoms with E-state index in [0.29, 0.717) is 13.2 Å². The van der Waals surface area contributed by atoms with E-state index in [1.807, 2.05) is 18.2 Å². The number of hydrogen-bond acceptors (Lipinski definition) is 5. The SMILES string of the molecule is CC1(C)CO[P+]([O-])([C@@H]2N[C@H](c3ccccc3)SC2(C)C)OC1. The van der Waals surface area contributed by atoms with E-state index < -0.39 is 7.94 Å². The maximum atomic E-state index is 13.2. The van der Waals surface area contributed by atoms with Gasteiger partial charge in [-0.15, -0.1) is 11.8 Å². The molecule has 2 heterocycles. The van der Waals surface area contributed by atoms with Gasteiger partial charge in [-0.3, -0.25) is 5.32 Å². The number of rotatable bonds is 2. The number of thioether (sulfide) groups is 1. The van der Waals surface area contributed by atoms with Crippen molar-refractivity contribution in [2.24, 2.45) is 5.41 Å². The zero-order valence-electron chi connectivity index (χ0n) is 13.5. The van der Waals surface area contributed by atoms with Gasteiger partial charge in [0.1, 0.15) is 13.2 Å². The lowest BCUT2D eigenvalue weighted by atomic mass is 9.97. The first-order valence-corrected chi connectivity index (χ1v) is 10.1. The van der Waals surface area contributed by atoms with Crippen LogP contribution in [-0.4, -0.2) is 23.7 Å². The van der Waals surface area contributed by atoms with Crippen LogP contribution in [0, 0.1) is 5.41 Å². The summed E-state index contributed by atoms with van der Waals surface area (Å²) in [5.74, 6) is -0.300. The molecule has 1 aromatic rings. The first kappa shape index (κ1) is 16.7. The Morgan fingerprint density at radius 2 is 1.73 bits per heavy atom. The predicted molar refractivity (Wildman–Crippen MR) is 90.4 cm³/mol. The molecule has 6 heteroatoms. The van der Waals surface area contributed by atoms with E-state index in [1.165, 1.54) is 5.56 Å². The van der Waals surface area contributed by atoms with Gasteiger partial charge in [-0.1, -0.05) is 44.2 Å². The van der Waals surface area contributed by atoms with Gasteiger partial charge in [0.25, 0.3) is 7.94 Å². The lowest BCUT2D eigenvalue weighted by molar-refractivity contribution is -0.237. The minimum Gasteiger partial charge on any atom is -0.630 e. The summed E-state index contributed by atoms with van der Waals surface area (Å²) in [6, 6.07) is 10.2. The van der Waals surface area contributed by atoms with Crippen LogP contribution >= 0.6 is 19.7 Å². The van der Waals surface area contributed by atoms with E-state index in [0.717, 1.165) is 0 Å². The number of hydrogen-bond donors (Lipinski definition) is 1. The van der Waals surface area contributed by atoms with Gasteiger partial charge in [0.2, 0.25) is 0 Å². The smallest absolute Gasteiger partial charge is 0.256 e. The second-order valence-corrected chi connectivity index (χ2v) is 11.2. The van der Waals surface area contributed by atoms with Crippen LogP contribution < -0.4 is 10.2 Å². The number of nitrogens with one attached hydrogen (secondary N) is 1. The fraction of sp³-hybridized carbons (Fsp3) is 0.625. The van der Waals surface area contributed by atoms with E-state index in [1.54, 1.807) is 11.8 Å². The van der Waals surface area contributed by atoms with Gasteiger partial charge in [0, 0.05) is 5.41 Å². The molecule has 1 N–H and O–H groups in total. The largest absolute Gasteiger partial charge is 0.630 e. The fourth-order valence-corrected chi connectivity index (χ4v) is 7.27. The Labute approximate surface area is 137 Å². The predicted octanol–water partition coefficient (Wildman–Crippen LogP) is 3.32. The van der Waals surface area contributed by atoms with E-state index in [4.69, 9.17) is 9.05 Å². The van der Waals surface area contributed by atoms with Crippen molar-refractivity contribution in [3.8, 4) is 0 Å². The molecule has 2 aliphatic rings. The molecule has 0 aliphatic carbocycles. The third-order valence-corrected chi connectivity index (χ3v) is 8.15. The minimum absolute atomic E-state index is 0.0807. The van der Waals surface area contributed by atoms with Gasteiger partial charge in [-0.25, -0.2) is 9.05 Å². The Morgan fingerprint density at radius 1 is 1.14 bits per heavy atom. The molecule has 0 spiro atoms. The Hall–Kier alpha value is -0.160. The second-order valence-electron chi connectivity index (χ2n) is 7.33.